The van der Waals surface area contributed by atoms with Crippen LogP contribution in [0.4, 0.5) is 8.28 Å². The molecule has 1 aromatic heterocycles. The average molecular weight is 305 g/mol. The number of pyridine rings is 1. The van der Waals surface area contributed by atoms with E-state index in [1.165, 1.54) is 22.6 Å². The minimum atomic E-state index is -4.84. The molecule has 0 aliphatic carbocycles. The summed E-state index contributed by atoms with van der Waals surface area (Å²) in [4.78, 5) is 3.10. The topological polar surface area (TPSA) is 47.0 Å². The fourth-order valence-corrected chi connectivity index (χ4v) is 2.28. The van der Waals surface area contributed by atoms with Gasteiger partial charge in [-0.1, -0.05) is 3.89 Å². The summed E-state index contributed by atoms with van der Waals surface area (Å²) in [6.07, 6.45) is 0.647. The molecule has 3 nitrogen and oxygen atoms in total. The molecule has 0 aromatic carbocycles. The van der Waals surface area contributed by atoms with E-state index in [1.54, 1.807) is 0 Å². The molecule has 66 valence electrons. The van der Waals surface area contributed by atoms with Crippen molar-refractivity contribution in [1.82, 2.24) is 4.98 Å². The van der Waals surface area contributed by atoms with E-state index in [-0.39, 0.29) is 3.57 Å². The molecule has 1 rings (SSSR count). The molecule has 0 aliphatic heterocycles. The highest BCUT2D eigenvalue weighted by Crippen LogP contribution is 2.17. The van der Waals surface area contributed by atoms with Crippen molar-refractivity contribution in [3.63, 3.8) is 0 Å². The van der Waals surface area contributed by atoms with Crippen LogP contribution in [0, 0.1) is 9.39 Å². The fraction of sp³-hybridized carbons (Fsp3) is 0. The minimum absolute atomic E-state index is 0.0740. The maximum Gasteiger partial charge on any atom is 0.350 e. The van der Waals surface area contributed by atoms with Crippen molar-refractivity contribution in [2.75, 3.05) is 0 Å². The molecule has 1 heterocycles. The van der Waals surface area contributed by atoms with Gasteiger partial charge in [-0.05, 0) is 28.7 Å². The first-order chi connectivity index (χ1) is 5.41. The van der Waals surface area contributed by atoms with E-state index in [2.05, 4.69) is 4.98 Å². The van der Waals surface area contributed by atoms with Gasteiger partial charge in [0.25, 0.3) is 0 Å². The number of nitrogens with zero attached hydrogens (tertiary/aromatic N) is 1. The van der Waals surface area contributed by atoms with Crippen LogP contribution in [-0.4, -0.2) is 13.4 Å². The zero-order chi connectivity index (χ0) is 9.35. The molecule has 7 heteroatoms. The van der Waals surface area contributed by atoms with Gasteiger partial charge in [-0.2, -0.15) is 8.42 Å². The molecule has 0 fully saturated rings. The maximum atomic E-state index is 12.4. The first kappa shape index (κ1) is 9.78. The van der Waals surface area contributed by atoms with Gasteiger partial charge in [0.05, 0.1) is 9.77 Å². The quantitative estimate of drug-likeness (QED) is 0.583. The van der Waals surface area contributed by atoms with Gasteiger partial charge in [0.2, 0.25) is 5.03 Å². The second kappa shape index (κ2) is 3.21. The highest BCUT2D eigenvalue weighted by atomic mass is 127. The summed E-state index contributed by atoms with van der Waals surface area (Å²) in [5.41, 5.74) is 0. The van der Waals surface area contributed by atoms with Crippen LogP contribution in [0.1, 0.15) is 0 Å². The van der Waals surface area contributed by atoms with E-state index >= 15 is 0 Å². The smallest absolute Gasteiger partial charge is 0.238 e. The summed E-state index contributed by atoms with van der Waals surface area (Å²) >= 11 is 1.49. The Labute approximate surface area is 81.2 Å². The van der Waals surface area contributed by atoms with Crippen LogP contribution in [0.25, 0.3) is 0 Å². The van der Waals surface area contributed by atoms with Crippen LogP contribution >= 0.6 is 22.6 Å². The Kier molecular flexibility index (Phi) is 2.61. The second-order valence-electron chi connectivity index (χ2n) is 1.88. The van der Waals surface area contributed by atoms with Gasteiger partial charge < -0.3 is 0 Å². The van der Waals surface area contributed by atoms with E-state index < -0.39 is 21.1 Å². The van der Waals surface area contributed by atoms with Gasteiger partial charge >= 0.3 is 10.2 Å². The molecule has 0 unspecified atom stereocenters. The SMILES string of the molecule is O=S(=O)(F)c1ncc(F)cc1I. The van der Waals surface area contributed by atoms with E-state index in [0.717, 1.165) is 6.07 Å². The summed E-state index contributed by atoms with van der Waals surface area (Å²) in [6, 6.07) is 0.889. The van der Waals surface area contributed by atoms with Crippen molar-refractivity contribution in [2.24, 2.45) is 0 Å². The van der Waals surface area contributed by atoms with Crippen molar-refractivity contribution in [3.8, 4) is 0 Å². The Morgan fingerprint density at radius 2 is 2.08 bits per heavy atom. The summed E-state index contributed by atoms with van der Waals surface area (Å²) < 4.78 is 45.2. The average Bonchev–Trinajstić information content (AvgIpc) is 1.83. The number of hydrogen-bond acceptors (Lipinski definition) is 3. The van der Waals surface area contributed by atoms with Gasteiger partial charge in [-0.25, -0.2) is 9.37 Å². The van der Waals surface area contributed by atoms with E-state index in [0.29, 0.717) is 6.20 Å². The third-order valence-corrected chi connectivity index (χ3v) is 2.98. The van der Waals surface area contributed by atoms with Crippen molar-refractivity contribution >= 4 is 32.8 Å². The lowest BCUT2D eigenvalue weighted by Gasteiger charge is -1.96. The molecule has 0 amide bonds. The predicted octanol–water partition coefficient (Wildman–Crippen LogP) is 1.48. The Morgan fingerprint density at radius 1 is 1.50 bits per heavy atom. The third kappa shape index (κ3) is 2.09. The maximum absolute atomic E-state index is 12.4. The van der Waals surface area contributed by atoms with Crippen molar-refractivity contribution in [1.29, 1.82) is 0 Å². The summed E-state index contributed by atoms with van der Waals surface area (Å²) in [7, 11) is -4.84. The largest absolute Gasteiger partial charge is 0.350 e. The van der Waals surface area contributed by atoms with Gasteiger partial charge in [0.15, 0.2) is 0 Å². The molecular weight excluding hydrogens is 303 g/mol. The molecule has 0 aliphatic rings. The third-order valence-electron chi connectivity index (χ3n) is 1.01. The number of halogens is 3. The van der Waals surface area contributed by atoms with Crippen molar-refractivity contribution < 1.29 is 16.7 Å². The van der Waals surface area contributed by atoms with Crippen LogP contribution in [0.2, 0.25) is 0 Å². The Bertz CT molecular complexity index is 406. The van der Waals surface area contributed by atoms with Crippen LogP contribution in [0.3, 0.4) is 0 Å². The number of rotatable bonds is 1. The summed E-state index contributed by atoms with van der Waals surface area (Å²) in [5.74, 6) is -0.702. The lowest BCUT2D eigenvalue weighted by atomic mass is 10.5. The number of aromatic nitrogens is 1. The van der Waals surface area contributed by atoms with E-state index in [4.69, 9.17) is 0 Å². The standard InChI is InChI=1S/C5H2F2INO2S/c6-3-1-4(8)5(9-2-3)12(7,10)11/h1-2H. The second-order valence-corrected chi connectivity index (χ2v) is 4.30. The molecule has 0 N–H and O–H groups in total. The highest BCUT2D eigenvalue weighted by molar-refractivity contribution is 14.1. The van der Waals surface area contributed by atoms with E-state index in [9.17, 15) is 16.7 Å². The Balaban J connectivity index is 3.39. The molecule has 0 radical (unpaired) electrons. The lowest BCUT2D eigenvalue weighted by molar-refractivity contribution is 0.544. The molecule has 0 atom stereocenters. The monoisotopic (exact) mass is 305 g/mol. The van der Waals surface area contributed by atoms with Crippen LogP contribution in [-0.2, 0) is 10.2 Å². The van der Waals surface area contributed by atoms with E-state index in [1.807, 2.05) is 0 Å². The predicted molar refractivity (Wildman–Crippen MR) is 45.2 cm³/mol. The van der Waals surface area contributed by atoms with Gasteiger partial charge in [0, 0.05) is 0 Å². The summed E-state index contributed by atoms with van der Waals surface area (Å²) in [5, 5.41) is -0.746. The van der Waals surface area contributed by atoms with Gasteiger partial charge in [-0.3, -0.25) is 0 Å². The van der Waals surface area contributed by atoms with Gasteiger partial charge in [0.1, 0.15) is 5.82 Å². The highest BCUT2D eigenvalue weighted by Gasteiger charge is 2.18. The van der Waals surface area contributed by atoms with Crippen molar-refractivity contribution in [3.05, 3.63) is 21.7 Å². The minimum Gasteiger partial charge on any atom is -0.238 e. The number of hydrogen-bond donors (Lipinski definition) is 0. The first-order valence-corrected chi connectivity index (χ1v) is 5.13. The molecule has 12 heavy (non-hydrogen) atoms. The fourth-order valence-electron chi connectivity index (χ4n) is 0.581. The van der Waals surface area contributed by atoms with Crippen molar-refractivity contribution in [2.45, 2.75) is 5.03 Å². The Hall–Kier alpha value is -0.310. The molecule has 1 aromatic rings. The Morgan fingerprint density at radius 3 is 2.50 bits per heavy atom. The van der Waals surface area contributed by atoms with Gasteiger partial charge in [-0.15, -0.1) is 0 Å². The summed E-state index contributed by atoms with van der Waals surface area (Å²) in [6.45, 7) is 0. The molecule has 0 saturated carbocycles. The molecular formula is C5H2F2INO2S. The molecule has 0 spiro atoms. The van der Waals surface area contributed by atoms with Crippen LogP contribution in [0.5, 0.6) is 0 Å². The molecule has 0 bridgehead atoms. The zero-order valence-corrected chi connectivity index (χ0v) is 8.43. The van der Waals surface area contributed by atoms with Crippen LogP contribution < -0.4 is 0 Å². The van der Waals surface area contributed by atoms with Crippen LogP contribution in [0.15, 0.2) is 17.3 Å². The first-order valence-electron chi connectivity index (χ1n) is 2.67. The zero-order valence-electron chi connectivity index (χ0n) is 5.46. The molecule has 0 saturated heterocycles. The lowest BCUT2D eigenvalue weighted by Crippen LogP contribution is -1.99. The normalized spacial score (nSPS) is 11.6.